The summed E-state index contributed by atoms with van der Waals surface area (Å²) in [6, 6.07) is 16.4. The van der Waals surface area contributed by atoms with Crippen LogP contribution in [0.1, 0.15) is 40.4 Å². The molecule has 2 aromatic heterocycles. The number of fused-ring (bicyclic) bond motifs is 2. The fourth-order valence-corrected chi connectivity index (χ4v) is 5.40. The zero-order valence-electron chi connectivity index (χ0n) is 16.0. The Morgan fingerprint density at radius 2 is 2.00 bits per heavy atom. The normalized spacial score (nSPS) is 15.5. The van der Waals surface area contributed by atoms with Crippen LogP contribution in [0.3, 0.4) is 0 Å². The predicted molar refractivity (Wildman–Crippen MR) is 116 cm³/mol. The van der Waals surface area contributed by atoms with Gasteiger partial charge < -0.3 is 5.11 Å². The Morgan fingerprint density at radius 3 is 2.76 bits per heavy atom. The number of hydrogen-bond acceptors (Lipinski definition) is 5. The number of rotatable bonds is 4. The van der Waals surface area contributed by atoms with Crippen LogP contribution in [0.5, 0.6) is 5.88 Å². The van der Waals surface area contributed by atoms with Crippen LogP contribution in [-0.4, -0.2) is 31.1 Å². The van der Waals surface area contributed by atoms with Gasteiger partial charge in [0, 0.05) is 24.5 Å². The Labute approximate surface area is 178 Å². The maximum Gasteiger partial charge on any atom is 0.230 e. The van der Waals surface area contributed by atoms with Gasteiger partial charge in [0.15, 0.2) is 5.82 Å². The molecule has 1 N–H and O–H groups in total. The summed E-state index contributed by atoms with van der Waals surface area (Å²) in [5, 5.41) is 16.2. The first-order valence-corrected chi connectivity index (χ1v) is 11.0. The first-order valence-electron chi connectivity index (χ1n) is 9.77. The monoisotopic (exact) mass is 424 g/mol. The van der Waals surface area contributed by atoms with Crippen molar-refractivity contribution in [1.82, 2.24) is 19.5 Å². The van der Waals surface area contributed by atoms with Crippen LogP contribution in [0.2, 0.25) is 5.02 Å². The molecule has 148 valence electrons. The fourth-order valence-electron chi connectivity index (χ4n) is 4.06. The summed E-state index contributed by atoms with van der Waals surface area (Å²) in [6.07, 6.45) is 1.72. The Balaban J connectivity index is 1.62. The van der Waals surface area contributed by atoms with Crippen molar-refractivity contribution in [3.05, 3.63) is 80.9 Å². The zero-order chi connectivity index (χ0) is 20.0. The van der Waals surface area contributed by atoms with Crippen LogP contribution in [0.15, 0.2) is 48.5 Å². The number of benzene rings is 2. The van der Waals surface area contributed by atoms with Gasteiger partial charge in [0.2, 0.25) is 10.8 Å². The average Bonchev–Trinajstić information content (AvgIpc) is 3.27. The number of halogens is 1. The molecule has 1 aliphatic rings. The molecule has 7 heteroatoms. The van der Waals surface area contributed by atoms with Crippen LogP contribution in [0.4, 0.5) is 0 Å². The van der Waals surface area contributed by atoms with Crippen LogP contribution >= 0.6 is 22.9 Å². The lowest BCUT2D eigenvalue weighted by molar-refractivity contribution is 0.205. The topological polar surface area (TPSA) is 53.7 Å². The second-order valence-corrected chi connectivity index (χ2v) is 8.76. The highest BCUT2D eigenvalue weighted by Gasteiger charge is 2.31. The smallest absolute Gasteiger partial charge is 0.230 e. The minimum absolute atomic E-state index is 0.111. The zero-order valence-corrected chi connectivity index (χ0v) is 17.6. The predicted octanol–water partition coefficient (Wildman–Crippen LogP) is 4.86. The summed E-state index contributed by atoms with van der Waals surface area (Å²) in [5.41, 5.74) is 3.79. The molecular formula is C22H21ClN4OS. The van der Waals surface area contributed by atoms with E-state index in [1.54, 1.807) is 4.52 Å². The summed E-state index contributed by atoms with van der Waals surface area (Å²) in [4.78, 5) is 8.53. The van der Waals surface area contributed by atoms with E-state index < -0.39 is 0 Å². The number of hydrogen-bond donors (Lipinski definition) is 1. The number of aryl methyl sites for hydroxylation is 1. The lowest BCUT2D eigenvalue weighted by atomic mass is 9.96. The average molecular weight is 425 g/mol. The van der Waals surface area contributed by atoms with Crippen molar-refractivity contribution in [2.45, 2.75) is 32.4 Å². The first-order chi connectivity index (χ1) is 14.1. The molecule has 0 saturated carbocycles. The van der Waals surface area contributed by atoms with Gasteiger partial charge in [0.05, 0.1) is 10.9 Å². The van der Waals surface area contributed by atoms with Gasteiger partial charge in [0.25, 0.3) is 0 Å². The molecule has 29 heavy (non-hydrogen) atoms. The Morgan fingerprint density at radius 1 is 1.17 bits per heavy atom. The highest BCUT2D eigenvalue weighted by Crippen LogP contribution is 2.42. The minimum atomic E-state index is -0.111. The first kappa shape index (κ1) is 18.6. The number of aromatic hydroxyl groups is 1. The molecule has 5 nitrogen and oxygen atoms in total. The molecule has 0 spiro atoms. The molecular weight excluding hydrogens is 404 g/mol. The van der Waals surface area contributed by atoms with E-state index in [0.29, 0.717) is 5.02 Å². The van der Waals surface area contributed by atoms with Crippen molar-refractivity contribution in [2.75, 3.05) is 6.54 Å². The van der Waals surface area contributed by atoms with E-state index in [4.69, 9.17) is 11.6 Å². The summed E-state index contributed by atoms with van der Waals surface area (Å²) in [6.45, 7) is 3.74. The van der Waals surface area contributed by atoms with Gasteiger partial charge in [-0.2, -0.15) is 4.52 Å². The third-order valence-electron chi connectivity index (χ3n) is 5.50. The van der Waals surface area contributed by atoms with Crippen molar-refractivity contribution < 1.29 is 5.11 Å². The van der Waals surface area contributed by atoms with E-state index in [2.05, 4.69) is 45.3 Å². The van der Waals surface area contributed by atoms with Crippen molar-refractivity contribution in [3.8, 4) is 5.88 Å². The van der Waals surface area contributed by atoms with E-state index in [-0.39, 0.29) is 11.9 Å². The van der Waals surface area contributed by atoms with E-state index >= 15 is 0 Å². The fraction of sp³-hybridized carbons (Fsp3) is 0.273. The van der Waals surface area contributed by atoms with Crippen LogP contribution in [-0.2, 0) is 19.4 Å². The van der Waals surface area contributed by atoms with Gasteiger partial charge >= 0.3 is 0 Å². The van der Waals surface area contributed by atoms with Crippen LogP contribution in [0.25, 0.3) is 4.96 Å². The SMILES string of the molecule is CCc1nc2sc([C@H](c3cccc(Cl)c3)N3CCc4ccccc4C3)c(O)n2n1. The molecule has 0 bridgehead atoms. The molecule has 0 radical (unpaired) electrons. The maximum atomic E-state index is 11.0. The number of nitrogens with zero attached hydrogens (tertiary/aromatic N) is 4. The molecule has 1 atom stereocenters. The second-order valence-electron chi connectivity index (χ2n) is 7.31. The number of thiazole rings is 1. The van der Waals surface area contributed by atoms with Crippen molar-refractivity contribution in [3.63, 3.8) is 0 Å². The molecule has 3 heterocycles. The maximum absolute atomic E-state index is 11.0. The Bertz CT molecular complexity index is 1180. The van der Waals surface area contributed by atoms with Crippen molar-refractivity contribution in [2.24, 2.45) is 0 Å². The van der Waals surface area contributed by atoms with E-state index in [0.717, 1.165) is 47.2 Å². The van der Waals surface area contributed by atoms with Crippen LogP contribution < -0.4 is 0 Å². The quantitative estimate of drug-likeness (QED) is 0.508. The summed E-state index contributed by atoms with van der Waals surface area (Å²) in [7, 11) is 0. The van der Waals surface area contributed by atoms with Crippen LogP contribution in [0, 0.1) is 0 Å². The minimum Gasteiger partial charge on any atom is -0.492 e. The van der Waals surface area contributed by atoms with Gasteiger partial charge in [-0.25, -0.2) is 4.98 Å². The van der Waals surface area contributed by atoms with Gasteiger partial charge in [-0.1, -0.05) is 66.3 Å². The van der Waals surface area contributed by atoms with Gasteiger partial charge in [-0.3, -0.25) is 4.90 Å². The molecule has 1 aliphatic heterocycles. The Kier molecular flexibility index (Phi) is 4.78. The molecule has 0 saturated heterocycles. The summed E-state index contributed by atoms with van der Waals surface area (Å²) < 4.78 is 1.56. The largest absolute Gasteiger partial charge is 0.492 e. The molecule has 2 aromatic carbocycles. The van der Waals surface area contributed by atoms with E-state index in [1.165, 1.54) is 22.5 Å². The molecule has 0 unspecified atom stereocenters. The summed E-state index contributed by atoms with van der Waals surface area (Å²) in [5.74, 6) is 0.908. The number of aromatic nitrogens is 3. The van der Waals surface area contributed by atoms with Crippen molar-refractivity contribution >= 4 is 27.9 Å². The highest BCUT2D eigenvalue weighted by atomic mass is 35.5. The second kappa shape index (κ2) is 7.44. The molecule has 4 aromatic rings. The standard InChI is InChI=1S/C22H21ClN4OS/c1-2-18-24-22-27(25-18)21(28)20(29-22)19(15-8-5-9-17(23)12-15)26-11-10-14-6-3-4-7-16(14)13-26/h3-9,12,19,28H,2,10-11,13H2,1H3/t19-/m0/s1. The van der Waals surface area contributed by atoms with Gasteiger partial charge in [0.1, 0.15) is 0 Å². The lowest BCUT2D eigenvalue weighted by Gasteiger charge is -2.35. The molecule has 0 fully saturated rings. The van der Waals surface area contributed by atoms with Gasteiger partial charge in [-0.05, 0) is 35.2 Å². The van der Waals surface area contributed by atoms with Crippen molar-refractivity contribution in [1.29, 1.82) is 0 Å². The summed E-state index contributed by atoms with van der Waals surface area (Å²) >= 11 is 7.82. The third kappa shape index (κ3) is 3.31. The molecule has 5 rings (SSSR count). The third-order valence-corrected chi connectivity index (χ3v) is 6.81. The van der Waals surface area contributed by atoms with Gasteiger partial charge in [-0.15, -0.1) is 5.10 Å². The van der Waals surface area contributed by atoms with E-state index in [9.17, 15) is 5.11 Å². The molecule has 0 amide bonds. The lowest BCUT2D eigenvalue weighted by Crippen LogP contribution is -2.34. The van der Waals surface area contributed by atoms with E-state index in [1.807, 2.05) is 25.1 Å². The molecule has 0 aliphatic carbocycles. The highest BCUT2D eigenvalue weighted by molar-refractivity contribution is 7.17. The Hall–Kier alpha value is -2.41.